The number of thiophene rings is 2. The van der Waals surface area contributed by atoms with Gasteiger partial charge in [0, 0.05) is 25.7 Å². The monoisotopic (exact) mass is 358 g/mol. The van der Waals surface area contributed by atoms with Crippen LogP contribution in [0.15, 0.2) is 27.6 Å². The van der Waals surface area contributed by atoms with Gasteiger partial charge in [0.15, 0.2) is 0 Å². The number of hydrogen-bond acceptors (Lipinski definition) is 2. The Bertz CT molecular complexity index is 706. The fraction of sp³-hybridized carbons (Fsp3) is 0.524. The third-order valence-electron chi connectivity index (χ3n) is 6.56. The summed E-state index contributed by atoms with van der Waals surface area (Å²) in [6, 6.07) is 1.72. The molecule has 3 heteroatoms. The fourth-order valence-electron chi connectivity index (χ4n) is 4.89. The zero-order chi connectivity index (χ0) is 16.9. The van der Waals surface area contributed by atoms with Gasteiger partial charge in [-0.05, 0) is 69.1 Å². The highest BCUT2D eigenvalue weighted by Crippen LogP contribution is 2.44. The van der Waals surface area contributed by atoms with E-state index in [-0.39, 0.29) is 0 Å². The normalized spacial score (nSPS) is 28.1. The Morgan fingerprint density at radius 1 is 0.917 bits per heavy atom. The van der Waals surface area contributed by atoms with Crippen molar-refractivity contribution in [3.8, 4) is 0 Å². The van der Waals surface area contributed by atoms with Crippen molar-refractivity contribution in [1.82, 2.24) is 0 Å². The number of nitrogens with zero attached hydrogens (tertiary/aromatic N) is 1. The third kappa shape index (κ3) is 2.71. The van der Waals surface area contributed by atoms with Crippen LogP contribution in [-0.4, -0.2) is 30.7 Å². The molecule has 1 nitrogen and oxygen atoms in total. The van der Waals surface area contributed by atoms with E-state index in [0.29, 0.717) is 0 Å². The lowest BCUT2D eigenvalue weighted by atomic mass is 9.85. The van der Waals surface area contributed by atoms with Crippen LogP contribution in [0, 0.1) is 19.8 Å². The highest BCUT2D eigenvalue weighted by Gasteiger charge is 2.48. The first-order valence-corrected chi connectivity index (χ1v) is 11.0. The van der Waals surface area contributed by atoms with Gasteiger partial charge in [0.2, 0.25) is 0 Å². The van der Waals surface area contributed by atoms with E-state index in [9.17, 15) is 0 Å². The minimum absolute atomic E-state index is 0.738. The Balaban J connectivity index is 1.71. The van der Waals surface area contributed by atoms with Gasteiger partial charge in [-0.3, -0.25) is 0 Å². The van der Waals surface area contributed by atoms with Crippen molar-refractivity contribution in [3.05, 3.63) is 49.9 Å². The maximum Gasteiger partial charge on any atom is 0.0896 e. The molecule has 0 radical (unpaired) electrons. The van der Waals surface area contributed by atoms with E-state index >= 15 is 0 Å². The lowest BCUT2D eigenvalue weighted by Gasteiger charge is -2.44. The molecule has 2 aromatic rings. The quantitative estimate of drug-likeness (QED) is 0.601. The molecular formula is C21H28NS2+. The van der Waals surface area contributed by atoms with E-state index in [1.54, 1.807) is 0 Å². The highest BCUT2D eigenvalue weighted by molar-refractivity contribution is 7.08. The predicted octanol–water partition coefficient (Wildman–Crippen LogP) is 5.88. The van der Waals surface area contributed by atoms with Crippen LogP contribution in [0.25, 0.3) is 5.57 Å². The molecule has 0 aliphatic carbocycles. The summed E-state index contributed by atoms with van der Waals surface area (Å²) in [7, 11) is 4.91. The van der Waals surface area contributed by atoms with Crippen LogP contribution in [0.5, 0.6) is 0 Å². The average molecular weight is 359 g/mol. The molecule has 2 aliphatic rings. The molecule has 128 valence electrons. The van der Waals surface area contributed by atoms with Crippen molar-refractivity contribution in [2.75, 3.05) is 14.1 Å². The Morgan fingerprint density at radius 3 is 1.83 bits per heavy atom. The van der Waals surface area contributed by atoms with Gasteiger partial charge in [-0.25, -0.2) is 0 Å². The molecule has 0 spiro atoms. The van der Waals surface area contributed by atoms with Crippen molar-refractivity contribution in [1.29, 1.82) is 0 Å². The van der Waals surface area contributed by atoms with Gasteiger partial charge in [-0.2, -0.15) is 22.7 Å². The fourth-order valence-corrected chi connectivity index (χ4v) is 6.59. The van der Waals surface area contributed by atoms with Gasteiger partial charge in [0.1, 0.15) is 0 Å². The lowest BCUT2D eigenvalue weighted by molar-refractivity contribution is -0.931. The zero-order valence-electron chi connectivity index (χ0n) is 15.2. The van der Waals surface area contributed by atoms with Crippen molar-refractivity contribution in [2.24, 2.45) is 5.92 Å². The number of allylic oxidation sites excluding steroid dienone is 1. The average Bonchev–Trinajstić information content (AvgIpc) is 3.15. The van der Waals surface area contributed by atoms with Crippen molar-refractivity contribution < 1.29 is 4.48 Å². The van der Waals surface area contributed by atoms with E-state index in [1.807, 2.05) is 22.7 Å². The molecular weight excluding hydrogens is 330 g/mol. The molecule has 0 N–H and O–H groups in total. The molecule has 24 heavy (non-hydrogen) atoms. The Kier molecular flexibility index (Phi) is 4.22. The summed E-state index contributed by atoms with van der Waals surface area (Å²) in [5.41, 5.74) is 7.24. The van der Waals surface area contributed by atoms with Crippen molar-refractivity contribution >= 4 is 28.2 Å². The second-order valence-electron chi connectivity index (χ2n) is 8.26. The molecule has 2 saturated heterocycles. The van der Waals surface area contributed by atoms with Crippen molar-refractivity contribution in [3.63, 3.8) is 0 Å². The first-order chi connectivity index (χ1) is 11.5. The van der Waals surface area contributed by atoms with Crippen LogP contribution in [0.1, 0.15) is 47.9 Å². The first-order valence-electron chi connectivity index (χ1n) is 9.08. The number of rotatable bonds is 3. The maximum absolute atomic E-state index is 2.63. The number of piperidine rings is 1. The van der Waals surface area contributed by atoms with Gasteiger partial charge < -0.3 is 4.48 Å². The van der Waals surface area contributed by atoms with Crippen molar-refractivity contribution in [2.45, 2.75) is 51.6 Å². The second-order valence-corrected chi connectivity index (χ2v) is 9.75. The smallest absolute Gasteiger partial charge is 0.0896 e. The summed E-state index contributed by atoms with van der Waals surface area (Å²) in [6.45, 7) is 4.51. The number of quaternary nitrogens is 1. The van der Waals surface area contributed by atoms with Gasteiger partial charge in [0.25, 0.3) is 0 Å². The summed E-state index contributed by atoms with van der Waals surface area (Å²) < 4.78 is 1.26. The first kappa shape index (κ1) is 16.6. The predicted molar refractivity (Wildman–Crippen MR) is 107 cm³/mol. The molecule has 2 aromatic heterocycles. The molecule has 4 rings (SSSR count). The summed E-state index contributed by atoms with van der Waals surface area (Å²) in [4.78, 5) is 0. The SMILES string of the molecule is Cc1cscc1C(=CC1C[C@H]2CC[C@@H](C1)[N+]2(C)C)c1cscc1C. The Morgan fingerprint density at radius 2 is 1.42 bits per heavy atom. The minimum Gasteiger partial charge on any atom is -0.324 e. The molecule has 0 amide bonds. The van der Waals surface area contributed by atoms with Crippen LogP contribution in [0.2, 0.25) is 0 Å². The second kappa shape index (κ2) is 6.12. The maximum atomic E-state index is 2.63. The van der Waals surface area contributed by atoms with E-state index in [4.69, 9.17) is 0 Å². The summed E-state index contributed by atoms with van der Waals surface area (Å²) in [5.74, 6) is 0.738. The molecule has 4 heterocycles. The standard InChI is InChI=1S/C21H28NS2/c1-14-10-23-12-20(14)19(21-13-24-11-15(21)2)9-16-7-17-5-6-18(8-16)22(17,3)4/h9-13,16-18H,5-8H2,1-4H3/q+1/t16?,17-,18+. The molecule has 2 aliphatic heterocycles. The van der Waals surface area contributed by atoms with Crippen LogP contribution in [-0.2, 0) is 0 Å². The van der Waals surface area contributed by atoms with Crippen LogP contribution in [0.4, 0.5) is 0 Å². The Hall–Kier alpha value is -0.900. The largest absolute Gasteiger partial charge is 0.324 e. The molecule has 1 unspecified atom stereocenters. The minimum atomic E-state index is 0.738. The van der Waals surface area contributed by atoms with Gasteiger partial charge in [0.05, 0.1) is 26.2 Å². The molecule has 2 fully saturated rings. The third-order valence-corrected chi connectivity index (χ3v) is 8.28. The van der Waals surface area contributed by atoms with Gasteiger partial charge >= 0.3 is 0 Å². The van der Waals surface area contributed by atoms with E-state index < -0.39 is 0 Å². The molecule has 2 bridgehead atoms. The number of aryl methyl sites for hydroxylation is 2. The summed E-state index contributed by atoms with van der Waals surface area (Å²) >= 11 is 3.66. The van der Waals surface area contributed by atoms with Gasteiger partial charge in [-0.1, -0.05) is 6.08 Å². The lowest BCUT2D eigenvalue weighted by Crippen LogP contribution is -2.54. The van der Waals surface area contributed by atoms with E-state index in [0.717, 1.165) is 18.0 Å². The number of hydrogen-bond donors (Lipinski definition) is 0. The molecule has 0 saturated carbocycles. The van der Waals surface area contributed by atoms with Crippen LogP contribution in [0.3, 0.4) is 0 Å². The topological polar surface area (TPSA) is 0 Å². The number of fused-ring (bicyclic) bond motifs is 2. The Labute approximate surface area is 154 Å². The summed E-state index contributed by atoms with van der Waals surface area (Å²) in [6.07, 6.45) is 8.20. The highest BCUT2D eigenvalue weighted by atomic mass is 32.1. The molecule has 0 aromatic carbocycles. The molecule has 3 atom stereocenters. The van der Waals surface area contributed by atoms with Crippen LogP contribution >= 0.6 is 22.7 Å². The zero-order valence-corrected chi connectivity index (χ0v) is 16.8. The van der Waals surface area contributed by atoms with Gasteiger partial charge in [-0.15, -0.1) is 0 Å². The van der Waals surface area contributed by atoms with E-state index in [1.165, 1.54) is 58.0 Å². The van der Waals surface area contributed by atoms with E-state index in [2.05, 4.69) is 55.5 Å². The summed E-state index contributed by atoms with van der Waals surface area (Å²) in [5, 5.41) is 9.26. The van der Waals surface area contributed by atoms with Crippen LogP contribution < -0.4 is 0 Å².